The molecule has 2 nitrogen and oxygen atoms in total. The zero-order chi connectivity index (χ0) is 9.61. The Hall–Kier alpha value is -0.580. The molecular weight excluding hydrogens is 173 g/mol. The fourth-order valence-electron chi connectivity index (χ4n) is 0.611. The summed E-state index contributed by atoms with van der Waals surface area (Å²) in [5.74, 6) is -0.0365. The molecule has 0 amide bonds. The van der Waals surface area contributed by atoms with E-state index in [1.54, 1.807) is 0 Å². The largest absolute Gasteiger partial charge is 0.411 e. The molecule has 0 radical (unpaired) electrons. The molecule has 0 spiro atoms. The van der Waals surface area contributed by atoms with Gasteiger partial charge in [-0.15, -0.1) is 0 Å². The maximum absolute atomic E-state index is 11.4. The van der Waals surface area contributed by atoms with Crippen LogP contribution in [-0.4, -0.2) is 25.2 Å². The predicted octanol–water partition coefficient (Wildman–Crippen LogP) is 1.93. The molecule has 0 heterocycles. The molecule has 0 aliphatic rings. The third-order valence-electron chi connectivity index (χ3n) is 1.08. The Kier molecular flexibility index (Phi) is 4.89. The second-order valence-corrected chi connectivity index (χ2v) is 2.47. The first-order valence-electron chi connectivity index (χ1n) is 3.56. The second kappa shape index (κ2) is 5.13. The molecule has 12 heavy (non-hydrogen) atoms. The quantitative estimate of drug-likeness (QED) is 0.610. The summed E-state index contributed by atoms with van der Waals surface area (Å²) < 4.78 is 38.6. The van der Waals surface area contributed by atoms with Crippen LogP contribution in [0, 0.1) is 0 Å². The number of Topliss-reactive ketones (excluding diaryl/α,β-unsaturated/α-hetero) is 1. The normalized spacial score (nSPS) is 11.7. The van der Waals surface area contributed by atoms with Crippen LogP contribution in [-0.2, 0) is 9.53 Å². The van der Waals surface area contributed by atoms with Gasteiger partial charge in [0.25, 0.3) is 0 Å². The van der Waals surface area contributed by atoms with E-state index in [-0.39, 0.29) is 18.8 Å². The lowest BCUT2D eigenvalue weighted by molar-refractivity contribution is -0.174. The zero-order valence-corrected chi connectivity index (χ0v) is 6.78. The average molecular weight is 184 g/mol. The van der Waals surface area contributed by atoms with E-state index in [4.69, 9.17) is 0 Å². The van der Waals surface area contributed by atoms with Crippen molar-refractivity contribution in [3.63, 3.8) is 0 Å². The van der Waals surface area contributed by atoms with Crippen LogP contribution in [0.3, 0.4) is 0 Å². The molecule has 0 rings (SSSR count). The van der Waals surface area contributed by atoms with Crippen molar-refractivity contribution in [2.75, 3.05) is 13.2 Å². The topological polar surface area (TPSA) is 26.3 Å². The summed E-state index contributed by atoms with van der Waals surface area (Å²) in [6, 6.07) is 0. The fraction of sp³-hybridized carbons (Fsp3) is 0.857. The lowest BCUT2D eigenvalue weighted by Crippen LogP contribution is -2.17. The van der Waals surface area contributed by atoms with Crippen molar-refractivity contribution in [1.29, 1.82) is 0 Å². The van der Waals surface area contributed by atoms with Crippen LogP contribution in [0.4, 0.5) is 13.2 Å². The van der Waals surface area contributed by atoms with Crippen molar-refractivity contribution >= 4 is 5.78 Å². The first-order chi connectivity index (χ1) is 5.42. The summed E-state index contributed by atoms with van der Waals surface area (Å²) in [5, 5.41) is 0. The molecule has 72 valence electrons. The molecule has 0 aromatic heterocycles. The van der Waals surface area contributed by atoms with Gasteiger partial charge in [0.2, 0.25) is 0 Å². The SMILES string of the molecule is CC(=O)CCCOCC(F)(F)F. The molecule has 0 fully saturated rings. The van der Waals surface area contributed by atoms with Crippen molar-refractivity contribution in [2.24, 2.45) is 0 Å². The molecule has 0 aliphatic heterocycles. The van der Waals surface area contributed by atoms with Crippen LogP contribution in [0.15, 0.2) is 0 Å². The van der Waals surface area contributed by atoms with E-state index < -0.39 is 12.8 Å². The van der Waals surface area contributed by atoms with Gasteiger partial charge in [0, 0.05) is 13.0 Å². The van der Waals surface area contributed by atoms with E-state index >= 15 is 0 Å². The van der Waals surface area contributed by atoms with Crippen LogP contribution in [0.1, 0.15) is 19.8 Å². The summed E-state index contributed by atoms with van der Waals surface area (Å²) >= 11 is 0. The lowest BCUT2D eigenvalue weighted by Gasteiger charge is -2.06. The third kappa shape index (κ3) is 9.42. The van der Waals surface area contributed by atoms with E-state index in [0.717, 1.165) is 0 Å². The Labute approximate surface area is 68.7 Å². The number of carbonyl (C=O) groups is 1. The standard InChI is InChI=1S/C7H11F3O2/c1-6(11)3-2-4-12-5-7(8,9)10/h2-5H2,1H3. The lowest BCUT2D eigenvalue weighted by atomic mass is 10.2. The van der Waals surface area contributed by atoms with Gasteiger partial charge in [0.05, 0.1) is 0 Å². The van der Waals surface area contributed by atoms with Crippen LogP contribution in [0.2, 0.25) is 0 Å². The minimum atomic E-state index is -4.27. The Morgan fingerprint density at radius 1 is 1.42 bits per heavy atom. The summed E-state index contributed by atoms with van der Waals surface area (Å²) in [4.78, 5) is 10.3. The first kappa shape index (κ1) is 11.4. The van der Waals surface area contributed by atoms with Crippen LogP contribution < -0.4 is 0 Å². The molecule has 0 bridgehead atoms. The van der Waals surface area contributed by atoms with Gasteiger partial charge in [-0.25, -0.2) is 0 Å². The van der Waals surface area contributed by atoms with E-state index in [9.17, 15) is 18.0 Å². The molecule has 5 heteroatoms. The highest BCUT2D eigenvalue weighted by molar-refractivity contribution is 5.75. The molecule has 0 aromatic carbocycles. The van der Waals surface area contributed by atoms with Gasteiger partial charge < -0.3 is 9.53 Å². The van der Waals surface area contributed by atoms with E-state index in [0.29, 0.717) is 6.42 Å². The second-order valence-electron chi connectivity index (χ2n) is 2.47. The number of ether oxygens (including phenoxy) is 1. The summed E-state index contributed by atoms with van der Waals surface area (Å²) in [6.07, 6.45) is -3.64. The number of alkyl halides is 3. The van der Waals surface area contributed by atoms with Crippen molar-refractivity contribution in [3.8, 4) is 0 Å². The van der Waals surface area contributed by atoms with Gasteiger partial charge in [-0.1, -0.05) is 0 Å². The highest BCUT2D eigenvalue weighted by Gasteiger charge is 2.27. The maximum Gasteiger partial charge on any atom is 0.411 e. The number of carbonyl (C=O) groups excluding carboxylic acids is 1. The number of hydrogen-bond donors (Lipinski definition) is 0. The zero-order valence-electron chi connectivity index (χ0n) is 6.78. The smallest absolute Gasteiger partial charge is 0.372 e. The minimum absolute atomic E-state index is 0.0148. The Morgan fingerprint density at radius 3 is 2.42 bits per heavy atom. The average Bonchev–Trinajstić information content (AvgIpc) is 1.83. The van der Waals surface area contributed by atoms with E-state index in [2.05, 4.69) is 4.74 Å². The number of hydrogen-bond acceptors (Lipinski definition) is 2. The summed E-state index contributed by atoms with van der Waals surface area (Å²) in [6.45, 7) is 0.147. The molecule has 0 aromatic rings. The van der Waals surface area contributed by atoms with Crippen molar-refractivity contribution in [2.45, 2.75) is 25.9 Å². The van der Waals surface area contributed by atoms with Gasteiger partial charge in [0.1, 0.15) is 12.4 Å². The van der Waals surface area contributed by atoms with Crippen molar-refractivity contribution in [1.82, 2.24) is 0 Å². The van der Waals surface area contributed by atoms with E-state index in [1.807, 2.05) is 0 Å². The van der Waals surface area contributed by atoms with Crippen LogP contribution in [0.5, 0.6) is 0 Å². The van der Waals surface area contributed by atoms with Gasteiger partial charge in [0.15, 0.2) is 0 Å². The van der Waals surface area contributed by atoms with Gasteiger partial charge in [-0.3, -0.25) is 0 Å². The Balaban J connectivity index is 3.17. The fourth-order valence-corrected chi connectivity index (χ4v) is 0.611. The highest BCUT2D eigenvalue weighted by atomic mass is 19.4. The molecule has 0 saturated heterocycles. The third-order valence-corrected chi connectivity index (χ3v) is 1.08. The van der Waals surface area contributed by atoms with Crippen molar-refractivity contribution in [3.05, 3.63) is 0 Å². The number of ketones is 1. The predicted molar refractivity (Wildman–Crippen MR) is 36.8 cm³/mol. The molecule has 0 aliphatic carbocycles. The molecule has 0 atom stereocenters. The van der Waals surface area contributed by atoms with Gasteiger partial charge >= 0.3 is 6.18 Å². The Morgan fingerprint density at radius 2 is 2.00 bits per heavy atom. The minimum Gasteiger partial charge on any atom is -0.372 e. The molecule has 0 saturated carbocycles. The molecular formula is C7H11F3O2. The summed E-state index contributed by atoms with van der Waals surface area (Å²) in [5.41, 5.74) is 0. The Bertz CT molecular complexity index is 142. The van der Waals surface area contributed by atoms with E-state index in [1.165, 1.54) is 6.92 Å². The monoisotopic (exact) mass is 184 g/mol. The number of rotatable bonds is 5. The first-order valence-corrected chi connectivity index (χ1v) is 3.56. The van der Waals surface area contributed by atoms with Crippen molar-refractivity contribution < 1.29 is 22.7 Å². The summed E-state index contributed by atoms with van der Waals surface area (Å²) in [7, 11) is 0. The number of halogens is 3. The van der Waals surface area contributed by atoms with Gasteiger partial charge in [-0.05, 0) is 13.3 Å². The van der Waals surface area contributed by atoms with Crippen LogP contribution >= 0.6 is 0 Å². The van der Waals surface area contributed by atoms with Crippen LogP contribution in [0.25, 0.3) is 0 Å². The molecule has 0 N–H and O–H groups in total. The molecule has 0 unspecified atom stereocenters. The highest BCUT2D eigenvalue weighted by Crippen LogP contribution is 2.14. The van der Waals surface area contributed by atoms with Gasteiger partial charge in [-0.2, -0.15) is 13.2 Å². The maximum atomic E-state index is 11.4.